The van der Waals surface area contributed by atoms with Crippen molar-refractivity contribution in [1.82, 2.24) is 0 Å². The van der Waals surface area contributed by atoms with Crippen LogP contribution in [0.25, 0.3) is 11.1 Å². The highest BCUT2D eigenvalue weighted by Gasteiger charge is 2.23. The first-order chi connectivity index (χ1) is 11.0. The molecule has 0 unspecified atom stereocenters. The fraction of sp³-hybridized carbons (Fsp3) is 0.0526. The Morgan fingerprint density at radius 2 is 1.43 bits per heavy atom. The lowest BCUT2D eigenvalue weighted by Gasteiger charge is -2.10. The quantitative estimate of drug-likeness (QED) is 0.703. The van der Waals surface area contributed by atoms with Crippen LogP contribution in [0, 0.1) is 12.7 Å². The second-order valence-electron chi connectivity index (χ2n) is 5.30. The van der Waals surface area contributed by atoms with Crippen LogP contribution < -0.4 is 0 Å². The average Bonchev–Trinajstić information content (AvgIpc) is 2.56. The first-order valence-corrected chi connectivity index (χ1v) is 8.64. The number of rotatable bonds is 3. The van der Waals surface area contributed by atoms with Gasteiger partial charge in [0.1, 0.15) is 10.7 Å². The van der Waals surface area contributed by atoms with Gasteiger partial charge in [-0.3, -0.25) is 0 Å². The molecule has 0 bridgehead atoms. The van der Waals surface area contributed by atoms with Crippen LogP contribution in [0.1, 0.15) is 5.56 Å². The molecular formula is C19H15FO2S. The van der Waals surface area contributed by atoms with Crippen molar-refractivity contribution in [3.63, 3.8) is 0 Å². The van der Waals surface area contributed by atoms with Crippen molar-refractivity contribution in [2.45, 2.75) is 16.7 Å². The molecule has 0 saturated heterocycles. The minimum absolute atomic E-state index is 0.0900. The van der Waals surface area contributed by atoms with Crippen molar-refractivity contribution in [3.8, 4) is 11.1 Å². The highest BCUT2D eigenvalue weighted by Crippen LogP contribution is 2.30. The van der Waals surface area contributed by atoms with E-state index in [0.29, 0.717) is 5.56 Å². The molecule has 0 saturated carbocycles. The zero-order valence-corrected chi connectivity index (χ0v) is 13.3. The summed E-state index contributed by atoms with van der Waals surface area (Å²) in [4.78, 5) is -0.213. The minimum Gasteiger partial charge on any atom is -0.218 e. The van der Waals surface area contributed by atoms with E-state index in [2.05, 4.69) is 0 Å². The third kappa shape index (κ3) is 2.90. The molecular weight excluding hydrogens is 311 g/mol. The molecule has 3 rings (SSSR count). The second-order valence-corrected chi connectivity index (χ2v) is 7.22. The van der Waals surface area contributed by atoms with E-state index in [-0.39, 0.29) is 15.4 Å². The van der Waals surface area contributed by atoms with Crippen LogP contribution in [0.5, 0.6) is 0 Å². The fourth-order valence-corrected chi connectivity index (χ4v) is 3.76. The summed E-state index contributed by atoms with van der Waals surface area (Å²) < 4.78 is 40.3. The summed E-state index contributed by atoms with van der Waals surface area (Å²) in [6.07, 6.45) is 0. The standard InChI is InChI=1S/C19H15FO2S/c1-14-10-12-16(13-11-14)23(21,22)18-9-5-8-17(19(18)20)15-6-3-2-4-7-15/h2-13H,1H3. The monoisotopic (exact) mass is 326 g/mol. The minimum atomic E-state index is -3.89. The van der Waals surface area contributed by atoms with E-state index in [9.17, 15) is 12.8 Å². The predicted molar refractivity (Wildman–Crippen MR) is 88.5 cm³/mol. The molecule has 0 radical (unpaired) electrons. The molecule has 0 N–H and O–H groups in total. The van der Waals surface area contributed by atoms with Crippen molar-refractivity contribution >= 4 is 9.84 Å². The van der Waals surface area contributed by atoms with E-state index in [0.717, 1.165) is 5.56 Å². The lowest BCUT2D eigenvalue weighted by Crippen LogP contribution is -2.05. The van der Waals surface area contributed by atoms with Gasteiger partial charge in [-0.25, -0.2) is 12.8 Å². The summed E-state index contributed by atoms with van der Waals surface area (Å²) in [6, 6.07) is 19.8. The van der Waals surface area contributed by atoms with Gasteiger partial charge in [0, 0.05) is 5.56 Å². The summed E-state index contributed by atoms with van der Waals surface area (Å²) in [5, 5.41) is 0. The largest absolute Gasteiger partial charge is 0.218 e. The molecule has 0 aliphatic heterocycles. The number of sulfone groups is 1. The van der Waals surface area contributed by atoms with E-state index in [4.69, 9.17) is 0 Å². The Morgan fingerprint density at radius 3 is 2.09 bits per heavy atom. The molecule has 0 spiro atoms. The van der Waals surface area contributed by atoms with Gasteiger partial charge in [0.25, 0.3) is 0 Å². The van der Waals surface area contributed by atoms with E-state index in [1.54, 1.807) is 48.5 Å². The first-order valence-electron chi connectivity index (χ1n) is 7.16. The Morgan fingerprint density at radius 1 is 0.783 bits per heavy atom. The third-order valence-electron chi connectivity index (χ3n) is 3.67. The van der Waals surface area contributed by atoms with E-state index >= 15 is 0 Å². The lowest BCUT2D eigenvalue weighted by atomic mass is 10.1. The molecule has 0 heterocycles. The van der Waals surface area contributed by atoms with Gasteiger partial charge < -0.3 is 0 Å². The summed E-state index contributed by atoms with van der Waals surface area (Å²) in [6.45, 7) is 1.87. The van der Waals surface area contributed by atoms with Crippen LogP contribution in [0.2, 0.25) is 0 Å². The SMILES string of the molecule is Cc1ccc(S(=O)(=O)c2cccc(-c3ccccc3)c2F)cc1. The summed E-state index contributed by atoms with van der Waals surface area (Å²) >= 11 is 0. The fourth-order valence-electron chi connectivity index (χ4n) is 2.40. The second kappa shape index (κ2) is 5.97. The van der Waals surface area contributed by atoms with Gasteiger partial charge in [0.2, 0.25) is 9.84 Å². The van der Waals surface area contributed by atoms with Crippen LogP contribution in [-0.2, 0) is 9.84 Å². The maximum absolute atomic E-state index is 14.8. The first kappa shape index (κ1) is 15.4. The Hall–Kier alpha value is -2.46. The maximum Gasteiger partial charge on any atom is 0.209 e. The highest BCUT2D eigenvalue weighted by atomic mass is 32.2. The van der Waals surface area contributed by atoms with Gasteiger partial charge >= 0.3 is 0 Å². The maximum atomic E-state index is 14.8. The van der Waals surface area contributed by atoms with Crippen LogP contribution in [0.3, 0.4) is 0 Å². The van der Waals surface area contributed by atoms with Gasteiger partial charge in [-0.2, -0.15) is 0 Å². The van der Waals surface area contributed by atoms with Crippen LogP contribution in [-0.4, -0.2) is 8.42 Å². The number of halogens is 1. The summed E-state index contributed by atoms with van der Waals surface area (Å²) in [5.74, 6) is -0.723. The van der Waals surface area contributed by atoms with E-state index < -0.39 is 15.7 Å². The van der Waals surface area contributed by atoms with Gasteiger partial charge in [-0.05, 0) is 30.7 Å². The normalized spacial score (nSPS) is 11.4. The third-order valence-corrected chi connectivity index (χ3v) is 5.46. The number of hydrogen-bond donors (Lipinski definition) is 0. The molecule has 0 amide bonds. The predicted octanol–water partition coefficient (Wildman–Crippen LogP) is 4.63. The van der Waals surface area contributed by atoms with E-state index in [1.807, 2.05) is 13.0 Å². The summed E-state index contributed by atoms with van der Waals surface area (Å²) in [5.41, 5.74) is 1.87. The van der Waals surface area contributed by atoms with Crippen molar-refractivity contribution < 1.29 is 12.8 Å². The Balaban J connectivity index is 2.16. The molecule has 2 nitrogen and oxygen atoms in total. The zero-order valence-electron chi connectivity index (χ0n) is 12.5. The van der Waals surface area contributed by atoms with Crippen molar-refractivity contribution in [2.24, 2.45) is 0 Å². The molecule has 23 heavy (non-hydrogen) atoms. The molecule has 3 aromatic carbocycles. The molecule has 0 aliphatic rings. The number of aryl methyl sites for hydroxylation is 1. The summed E-state index contributed by atoms with van der Waals surface area (Å²) in [7, 11) is -3.89. The number of benzene rings is 3. The Labute approximate surface area is 135 Å². The number of hydrogen-bond acceptors (Lipinski definition) is 2. The van der Waals surface area contributed by atoms with Crippen molar-refractivity contribution in [2.75, 3.05) is 0 Å². The van der Waals surface area contributed by atoms with Crippen molar-refractivity contribution in [3.05, 3.63) is 84.2 Å². The molecule has 0 atom stereocenters. The Kier molecular flexibility index (Phi) is 4.01. The highest BCUT2D eigenvalue weighted by molar-refractivity contribution is 7.91. The molecule has 0 aromatic heterocycles. The van der Waals surface area contributed by atoms with Crippen LogP contribution in [0.15, 0.2) is 82.6 Å². The molecule has 0 aliphatic carbocycles. The van der Waals surface area contributed by atoms with Gasteiger partial charge in [-0.1, -0.05) is 60.2 Å². The molecule has 116 valence electrons. The molecule has 0 fully saturated rings. The average molecular weight is 326 g/mol. The topological polar surface area (TPSA) is 34.1 Å². The van der Waals surface area contributed by atoms with E-state index in [1.165, 1.54) is 18.2 Å². The van der Waals surface area contributed by atoms with Gasteiger partial charge in [-0.15, -0.1) is 0 Å². The van der Waals surface area contributed by atoms with Crippen LogP contribution >= 0.6 is 0 Å². The molecule has 4 heteroatoms. The Bertz CT molecular complexity index is 931. The molecule has 3 aromatic rings. The zero-order chi connectivity index (χ0) is 16.4. The lowest BCUT2D eigenvalue weighted by molar-refractivity contribution is 0.569. The van der Waals surface area contributed by atoms with Gasteiger partial charge in [0.15, 0.2) is 0 Å². The van der Waals surface area contributed by atoms with Gasteiger partial charge in [0.05, 0.1) is 4.90 Å². The van der Waals surface area contributed by atoms with Crippen LogP contribution in [0.4, 0.5) is 4.39 Å². The van der Waals surface area contributed by atoms with Crippen molar-refractivity contribution in [1.29, 1.82) is 0 Å². The smallest absolute Gasteiger partial charge is 0.209 e.